The lowest BCUT2D eigenvalue weighted by molar-refractivity contribution is 0.0695. The van der Waals surface area contributed by atoms with Gasteiger partial charge in [0.2, 0.25) is 5.43 Å². The highest BCUT2D eigenvalue weighted by atomic mass is 35.5. The van der Waals surface area contributed by atoms with Gasteiger partial charge < -0.3 is 20.7 Å². The van der Waals surface area contributed by atoms with Crippen LogP contribution in [-0.4, -0.2) is 28.7 Å². The minimum absolute atomic E-state index is 0.253. The fourth-order valence-corrected chi connectivity index (χ4v) is 2.39. The van der Waals surface area contributed by atoms with E-state index >= 15 is 0 Å². The Morgan fingerprint density at radius 2 is 2.19 bits per heavy atom. The highest BCUT2D eigenvalue weighted by Crippen LogP contribution is 2.27. The van der Waals surface area contributed by atoms with Crippen LogP contribution >= 0.6 is 11.6 Å². The maximum Gasteiger partial charge on any atom is 0.341 e. The lowest BCUT2D eigenvalue weighted by atomic mass is 10.1. The van der Waals surface area contributed by atoms with E-state index in [0.29, 0.717) is 41.2 Å². The van der Waals surface area contributed by atoms with Gasteiger partial charge in [0.25, 0.3) is 0 Å². The van der Waals surface area contributed by atoms with Gasteiger partial charge in [0, 0.05) is 31.2 Å². The lowest BCUT2D eigenvalue weighted by Crippen LogP contribution is -2.19. The summed E-state index contributed by atoms with van der Waals surface area (Å²) in [6.07, 6.45) is 1.34. The first-order chi connectivity index (χ1) is 9.99. The number of aromatic nitrogens is 1. The fraction of sp³-hybridized carbons (Fsp3) is 0.286. The molecular weight excluding hydrogens is 294 g/mol. The molecule has 2 aromatic rings. The summed E-state index contributed by atoms with van der Waals surface area (Å²) in [5.41, 5.74) is 5.83. The van der Waals surface area contributed by atoms with Gasteiger partial charge in [-0.25, -0.2) is 4.79 Å². The van der Waals surface area contributed by atoms with Crippen LogP contribution in [0.5, 0.6) is 0 Å². The number of nitrogens with zero attached hydrogens (tertiary/aromatic N) is 1. The molecule has 6 nitrogen and oxygen atoms in total. The van der Waals surface area contributed by atoms with Crippen molar-refractivity contribution in [2.45, 2.75) is 13.5 Å². The van der Waals surface area contributed by atoms with Crippen LogP contribution < -0.4 is 16.5 Å². The second kappa shape index (κ2) is 6.15. The molecule has 0 atom stereocenters. The smallest absolute Gasteiger partial charge is 0.341 e. The molecule has 7 heteroatoms. The van der Waals surface area contributed by atoms with Gasteiger partial charge in [0.1, 0.15) is 5.56 Å². The van der Waals surface area contributed by atoms with Crippen LogP contribution in [-0.2, 0) is 6.54 Å². The summed E-state index contributed by atoms with van der Waals surface area (Å²) < 4.78 is 1.69. The predicted molar refractivity (Wildman–Crippen MR) is 83.4 cm³/mol. The number of aryl methyl sites for hydroxylation is 1. The van der Waals surface area contributed by atoms with E-state index in [1.165, 1.54) is 6.20 Å². The van der Waals surface area contributed by atoms with Crippen molar-refractivity contribution in [3.8, 4) is 0 Å². The van der Waals surface area contributed by atoms with E-state index in [2.05, 4.69) is 5.32 Å². The Hall–Kier alpha value is -2.05. The van der Waals surface area contributed by atoms with E-state index in [0.717, 1.165) is 0 Å². The molecule has 2 rings (SSSR count). The van der Waals surface area contributed by atoms with E-state index in [4.69, 9.17) is 22.4 Å². The third-order valence-corrected chi connectivity index (χ3v) is 3.51. The molecule has 0 radical (unpaired) electrons. The Labute approximate surface area is 126 Å². The summed E-state index contributed by atoms with van der Waals surface area (Å²) in [5, 5.41) is 12.9. The van der Waals surface area contributed by atoms with Crippen molar-refractivity contribution in [3.63, 3.8) is 0 Å². The van der Waals surface area contributed by atoms with Crippen LogP contribution in [0, 0.1) is 0 Å². The zero-order chi connectivity index (χ0) is 15.6. The molecule has 0 aliphatic carbocycles. The Morgan fingerprint density at radius 1 is 1.48 bits per heavy atom. The molecular formula is C14H16ClN3O3. The number of rotatable bonds is 5. The summed E-state index contributed by atoms with van der Waals surface area (Å²) in [6, 6.07) is 3.24. The van der Waals surface area contributed by atoms with Crippen LogP contribution in [0.15, 0.2) is 23.1 Å². The molecule has 0 spiro atoms. The molecule has 0 aliphatic heterocycles. The quantitative estimate of drug-likeness (QED) is 0.781. The van der Waals surface area contributed by atoms with E-state index in [-0.39, 0.29) is 5.56 Å². The number of hydrogen-bond donors (Lipinski definition) is 3. The molecule has 1 aromatic heterocycles. The molecule has 4 N–H and O–H groups in total. The van der Waals surface area contributed by atoms with Crippen LogP contribution in [0.2, 0.25) is 5.02 Å². The first-order valence-corrected chi connectivity index (χ1v) is 6.91. The third-order valence-electron chi connectivity index (χ3n) is 3.20. The number of carboxylic acid groups (broad SMARTS) is 1. The molecule has 0 bridgehead atoms. The number of pyridine rings is 1. The number of anilines is 1. The first kappa shape index (κ1) is 15.3. The number of nitrogens with two attached hydrogens (primary N) is 1. The highest BCUT2D eigenvalue weighted by molar-refractivity contribution is 6.34. The van der Waals surface area contributed by atoms with Crippen LogP contribution in [0.3, 0.4) is 0 Å². The molecule has 0 fully saturated rings. The van der Waals surface area contributed by atoms with Crippen LogP contribution in [0.1, 0.15) is 17.3 Å². The molecule has 0 amide bonds. The maximum atomic E-state index is 12.3. The van der Waals surface area contributed by atoms with Gasteiger partial charge in [-0.05, 0) is 19.1 Å². The lowest BCUT2D eigenvalue weighted by Gasteiger charge is -2.13. The number of benzene rings is 1. The Bertz CT molecular complexity index is 755. The number of carbonyl (C=O) groups is 1. The van der Waals surface area contributed by atoms with Crippen molar-refractivity contribution < 1.29 is 9.90 Å². The fourth-order valence-electron chi connectivity index (χ4n) is 2.17. The van der Waals surface area contributed by atoms with Crippen LogP contribution in [0.25, 0.3) is 10.9 Å². The molecule has 0 unspecified atom stereocenters. The monoisotopic (exact) mass is 309 g/mol. The Balaban J connectivity index is 2.77. The normalized spacial score (nSPS) is 10.8. The number of halogens is 1. The van der Waals surface area contributed by atoms with Gasteiger partial charge in [-0.1, -0.05) is 11.6 Å². The zero-order valence-corrected chi connectivity index (χ0v) is 12.3. The van der Waals surface area contributed by atoms with Gasteiger partial charge in [0.15, 0.2) is 0 Å². The van der Waals surface area contributed by atoms with Gasteiger partial charge in [-0.15, -0.1) is 0 Å². The molecule has 21 heavy (non-hydrogen) atoms. The molecule has 0 saturated carbocycles. The van der Waals surface area contributed by atoms with E-state index in [1.807, 2.05) is 6.92 Å². The molecule has 0 saturated heterocycles. The van der Waals surface area contributed by atoms with Crippen molar-refractivity contribution >= 4 is 34.2 Å². The van der Waals surface area contributed by atoms with Crippen molar-refractivity contribution in [2.75, 3.05) is 18.4 Å². The van der Waals surface area contributed by atoms with Crippen LogP contribution in [0.4, 0.5) is 5.69 Å². The average Bonchev–Trinajstić information content (AvgIpc) is 2.45. The molecule has 1 heterocycles. The first-order valence-electron chi connectivity index (χ1n) is 6.53. The molecule has 1 aromatic carbocycles. The largest absolute Gasteiger partial charge is 0.477 e. The van der Waals surface area contributed by atoms with Gasteiger partial charge in [-0.2, -0.15) is 0 Å². The summed E-state index contributed by atoms with van der Waals surface area (Å²) >= 11 is 6.19. The third kappa shape index (κ3) is 2.86. The van der Waals surface area contributed by atoms with Gasteiger partial charge in [0.05, 0.1) is 16.2 Å². The second-order valence-electron chi connectivity index (χ2n) is 4.53. The van der Waals surface area contributed by atoms with Crippen molar-refractivity contribution in [1.29, 1.82) is 0 Å². The Morgan fingerprint density at radius 3 is 2.76 bits per heavy atom. The highest BCUT2D eigenvalue weighted by Gasteiger charge is 2.15. The standard InChI is InChI=1S/C14H16ClN3O3/c1-2-18-7-9(14(20)21)13(19)8-5-11(17-4-3-16)10(15)6-12(8)18/h5-7,17H,2-4,16H2,1H3,(H,20,21). The zero-order valence-electron chi connectivity index (χ0n) is 11.5. The van der Waals surface area contributed by atoms with E-state index in [9.17, 15) is 9.59 Å². The number of fused-ring (bicyclic) bond motifs is 1. The number of carboxylic acids is 1. The van der Waals surface area contributed by atoms with Gasteiger partial charge >= 0.3 is 5.97 Å². The predicted octanol–water partition coefficient (Wildman–Crippen LogP) is 1.74. The minimum atomic E-state index is -1.24. The maximum absolute atomic E-state index is 12.3. The number of hydrogen-bond acceptors (Lipinski definition) is 4. The molecule has 0 aliphatic rings. The van der Waals surface area contributed by atoms with Gasteiger partial charge in [-0.3, -0.25) is 4.79 Å². The van der Waals surface area contributed by atoms with Crippen molar-refractivity contribution in [1.82, 2.24) is 4.57 Å². The second-order valence-corrected chi connectivity index (χ2v) is 4.93. The number of nitrogens with one attached hydrogen (secondary N) is 1. The SMILES string of the molecule is CCn1cc(C(=O)O)c(=O)c2cc(NCCN)c(Cl)cc21. The summed E-state index contributed by atoms with van der Waals surface area (Å²) in [7, 11) is 0. The minimum Gasteiger partial charge on any atom is -0.477 e. The van der Waals surface area contributed by atoms with E-state index in [1.54, 1.807) is 16.7 Å². The molecule has 112 valence electrons. The average molecular weight is 310 g/mol. The van der Waals surface area contributed by atoms with Crippen molar-refractivity contribution in [3.05, 3.63) is 39.1 Å². The Kier molecular flexibility index (Phi) is 4.50. The topological polar surface area (TPSA) is 97.3 Å². The van der Waals surface area contributed by atoms with Crippen molar-refractivity contribution in [2.24, 2.45) is 5.73 Å². The summed E-state index contributed by atoms with van der Waals surface area (Å²) in [6.45, 7) is 3.32. The number of aromatic carboxylic acids is 1. The van der Waals surface area contributed by atoms with E-state index < -0.39 is 11.4 Å². The summed E-state index contributed by atoms with van der Waals surface area (Å²) in [4.78, 5) is 23.5. The summed E-state index contributed by atoms with van der Waals surface area (Å²) in [5.74, 6) is -1.24.